The molecule has 20 heavy (non-hydrogen) atoms. The number of halogens is 1. The molecule has 2 heterocycles. The lowest BCUT2D eigenvalue weighted by Gasteiger charge is -2.07. The first-order chi connectivity index (χ1) is 9.31. The fraction of sp³-hybridized carbons (Fsp3) is 0.571. The molecule has 0 aliphatic rings. The van der Waals surface area contributed by atoms with E-state index in [4.69, 9.17) is 17.3 Å². The molecular weight excluding hydrogens is 274 g/mol. The number of hydrogen-bond acceptors (Lipinski definition) is 3. The highest BCUT2D eigenvalue weighted by molar-refractivity contribution is 6.30. The summed E-state index contributed by atoms with van der Waals surface area (Å²) in [7, 11) is 1.85. The van der Waals surface area contributed by atoms with E-state index in [2.05, 4.69) is 17.1 Å². The number of rotatable bonds is 4. The summed E-state index contributed by atoms with van der Waals surface area (Å²) in [5, 5.41) is 9.62. The molecule has 2 aromatic heterocycles. The van der Waals surface area contributed by atoms with E-state index >= 15 is 0 Å². The molecule has 0 radical (unpaired) electrons. The number of nitrogens with two attached hydrogens (primary N) is 1. The molecule has 110 valence electrons. The maximum absolute atomic E-state index is 6.29. The van der Waals surface area contributed by atoms with Gasteiger partial charge in [-0.3, -0.25) is 9.36 Å². The van der Waals surface area contributed by atoms with E-state index < -0.39 is 0 Å². The van der Waals surface area contributed by atoms with Gasteiger partial charge in [0.25, 0.3) is 0 Å². The van der Waals surface area contributed by atoms with Gasteiger partial charge in [-0.05, 0) is 39.7 Å². The molecule has 0 aromatic carbocycles. The topological polar surface area (TPSA) is 61.7 Å². The Morgan fingerprint density at radius 2 is 1.75 bits per heavy atom. The number of nitrogens with zero attached hydrogens (tertiary/aromatic N) is 4. The fourth-order valence-electron chi connectivity index (χ4n) is 2.51. The van der Waals surface area contributed by atoms with Gasteiger partial charge in [-0.25, -0.2) is 0 Å². The molecule has 2 aromatic rings. The maximum Gasteiger partial charge on any atom is 0.132 e. The molecule has 0 aliphatic heterocycles. The highest BCUT2D eigenvalue weighted by atomic mass is 35.5. The second-order valence-corrected chi connectivity index (χ2v) is 5.82. The molecule has 0 fully saturated rings. The number of hydrogen-bond donors (Lipinski definition) is 1. The molecule has 0 amide bonds. The van der Waals surface area contributed by atoms with Crippen molar-refractivity contribution >= 4 is 11.6 Å². The van der Waals surface area contributed by atoms with Crippen LogP contribution in [0.25, 0.3) is 0 Å². The smallest absolute Gasteiger partial charge is 0.132 e. The molecule has 5 nitrogen and oxygen atoms in total. The predicted octanol–water partition coefficient (Wildman–Crippen LogP) is 2.13. The van der Waals surface area contributed by atoms with Crippen molar-refractivity contribution < 1.29 is 0 Å². The Balaban J connectivity index is 2.35. The molecule has 0 saturated carbocycles. The summed E-state index contributed by atoms with van der Waals surface area (Å²) < 4.78 is 3.68. The molecule has 6 heteroatoms. The van der Waals surface area contributed by atoms with Gasteiger partial charge in [-0.15, -0.1) is 0 Å². The third kappa shape index (κ3) is 2.74. The predicted molar refractivity (Wildman–Crippen MR) is 81.1 cm³/mol. The lowest BCUT2D eigenvalue weighted by atomic mass is 10.1. The van der Waals surface area contributed by atoms with Gasteiger partial charge >= 0.3 is 0 Å². The van der Waals surface area contributed by atoms with Crippen molar-refractivity contribution in [2.24, 2.45) is 12.8 Å². The maximum atomic E-state index is 6.29. The summed E-state index contributed by atoms with van der Waals surface area (Å²) in [4.78, 5) is 0. The molecule has 0 aliphatic carbocycles. The van der Waals surface area contributed by atoms with Crippen molar-refractivity contribution in [1.29, 1.82) is 0 Å². The van der Waals surface area contributed by atoms with Gasteiger partial charge in [0.2, 0.25) is 0 Å². The van der Waals surface area contributed by atoms with E-state index in [1.54, 1.807) is 4.68 Å². The van der Waals surface area contributed by atoms with Crippen molar-refractivity contribution in [1.82, 2.24) is 19.6 Å². The van der Waals surface area contributed by atoms with Crippen LogP contribution in [0.5, 0.6) is 0 Å². The highest BCUT2D eigenvalue weighted by Crippen LogP contribution is 2.22. The van der Waals surface area contributed by atoms with E-state index in [9.17, 15) is 0 Å². The van der Waals surface area contributed by atoms with E-state index in [0.29, 0.717) is 11.7 Å². The van der Waals surface area contributed by atoms with Crippen LogP contribution in [-0.2, 0) is 20.0 Å². The summed E-state index contributed by atoms with van der Waals surface area (Å²) in [6, 6.07) is 0.133. The van der Waals surface area contributed by atoms with E-state index in [1.807, 2.05) is 32.5 Å². The summed E-state index contributed by atoms with van der Waals surface area (Å²) in [6.07, 6.45) is 0.845. The second-order valence-electron chi connectivity index (χ2n) is 5.47. The Labute approximate surface area is 124 Å². The highest BCUT2D eigenvalue weighted by Gasteiger charge is 2.17. The van der Waals surface area contributed by atoms with Gasteiger partial charge in [0, 0.05) is 24.3 Å². The molecule has 1 unspecified atom stereocenters. The minimum absolute atomic E-state index is 0.133. The molecule has 0 bridgehead atoms. The van der Waals surface area contributed by atoms with Gasteiger partial charge in [0.1, 0.15) is 5.15 Å². The normalized spacial score (nSPS) is 12.9. The zero-order valence-corrected chi connectivity index (χ0v) is 13.5. The van der Waals surface area contributed by atoms with Crippen LogP contribution < -0.4 is 5.73 Å². The van der Waals surface area contributed by atoms with E-state index in [-0.39, 0.29) is 6.04 Å². The lowest BCUT2D eigenvalue weighted by Crippen LogP contribution is -2.18. The molecule has 2 N–H and O–H groups in total. The first-order valence-electron chi connectivity index (χ1n) is 6.77. The Kier molecular flexibility index (Phi) is 4.20. The lowest BCUT2D eigenvalue weighted by molar-refractivity contribution is 0.653. The largest absolute Gasteiger partial charge is 0.328 e. The molecule has 0 spiro atoms. The summed E-state index contributed by atoms with van der Waals surface area (Å²) in [6.45, 7) is 8.73. The van der Waals surface area contributed by atoms with Crippen molar-refractivity contribution in [3.8, 4) is 0 Å². The Morgan fingerprint density at radius 3 is 2.25 bits per heavy atom. The van der Waals surface area contributed by atoms with Gasteiger partial charge < -0.3 is 5.73 Å². The van der Waals surface area contributed by atoms with Crippen molar-refractivity contribution in [2.75, 3.05) is 0 Å². The van der Waals surface area contributed by atoms with Gasteiger partial charge in [-0.2, -0.15) is 10.2 Å². The third-order valence-electron chi connectivity index (χ3n) is 3.64. The van der Waals surface area contributed by atoms with Crippen LogP contribution >= 0.6 is 11.6 Å². The van der Waals surface area contributed by atoms with E-state index in [0.717, 1.165) is 29.1 Å². The van der Waals surface area contributed by atoms with Crippen LogP contribution in [0.15, 0.2) is 0 Å². The fourth-order valence-corrected chi connectivity index (χ4v) is 2.74. The average Bonchev–Trinajstić information content (AvgIpc) is 2.74. The average molecular weight is 296 g/mol. The summed E-state index contributed by atoms with van der Waals surface area (Å²) >= 11 is 6.29. The van der Waals surface area contributed by atoms with Gasteiger partial charge in [0.05, 0.1) is 17.9 Å². The standard InChI is InChI=1S/C14H22ClN5/c1-8(16)6-12-9(2)18-20(11(12)4)7-13-10(3)17-19(5)14(13)15/h8H,6-7,16H2,1-5H3. The third-order valence-corrected chi connectivity index (χ3v) is 4.11. The van der Waals surface area contributed by atoms with Crippen LogP contribution in [0, 0.1) is 20.8 Å². The molecule has 2 rings (SSSR count). The Hall–Kier alpha value is -1.33. The Morgan fingerprint density at radius 1 is 1.15 bits per heavy atom. The zero-order valence-electron chi connectivity index (χ0n) is 12.7. The van der Waals surface area contributed by atoms with Crippen LogP contribution in [0.3, 0.4) is 0 Å². The summed E-state index contributed by atoms with van der Waals surface area (Å²) in [5.74, 6) is 0. The minimum atomic E-state index is 0.133. The Bertz CT molecular complexity index is 624. The van der Waals surface area contributed by atoms with Crippen molar-refractivity contribution in [3.63, 3.8) is 0 Å². The van der Waals surface area contributed by atoms with Crippen LogP contribution in [0.4, 0.5) is 0 Å². The van der Waals surface area contributed by atoms with Gasteiger partial charge in [0.15, 0.2) is 0 Å². The first kappa shape index (κ1) is 15.1. The van der Waals surface area contributed by atoms with Crippen molar-refractivity contribution in [3.05, 3.63) is 33.4 Å². The van der Waals surface area contributed by atoms with E-state index in [1.165, 1.54) is 5.56 Å². The van der Waals surface area contributed by atoms with Crippen LogP contribution in [0.1, 0.15) is 35.1 Å². The molecular formula is C14H22ClN5. The number of aromatic nitrogens is 4. The molecule has 0 saturated heterocycles. The summed E-state index contributed by atoms with van der Waals surface area (Å²) in [5.41, 5.74) is 11.3. The molecule has 1 atom stereocenters. The van der Waals surface area contributed by atoms with Crippen LogP contribution in [-0.4, -0.2) is 25.6 Å². The quantitative estimate of drug-likeness (QED) is 0.940. The van der Waals surface area contributed by atoms with Gasteiger partial charge in [-0.1, -0.05) is 11.6 Å². The minimum Gasteiger partial charge on any atom is -0.328 e. The second kappa shape index (κ2) is 5.58. The SMILES string of the molecule is Cc1nn(C)c(Cl)c1Cn1nc(C)c(CC(C)N)c1C. The zero-order chi connectivity index (χ0) is 15.0. The van der Waals surface area contributed by atoms with Crippen LogP contribution in [0.2, 0.25) is 5.15 Å². The first-order valence-corrected chi connectivity index (χ1v) is 7.15. The van der Waals surface area contributed by atoms with Crippen molar-refractivity contribution in [2.45, 2.75) is 46.7 Å². The monoisotopic (exact) mass is 295 g/mol. The number of aryl methyl sites for hydroxylation is 3.